The van der Waals surface area contributed by atoms with Crippen molar-refractivity contribution < 1.29 is 9.90 Å². The van der Waals surface area contributed by atoms with Gasteiger partial charge in [0.05, 0.1) is 5.56 Å². The van der Waals surface area contributed by atoms with E-state index in [4.69, 9.17) is 5.73 Å². The van der Waals surface area contributed by atoms with Gasteiger partial charge in [-0.3, -0.25) is 4.79 Å². The van der Waals surface area contributed by atoms with E-state index >= 15 is 0 Å². The zero-order valence-electron chi connectivity index (χ0n) is 36.6. The van der Waals surface area contributed by atoms with Crippen LogP contribution in [0.3, 0.4) is 0 Å². The highest BCUT2D eigenvalue weighted by Crippen LogP contribution is 2.34. The van der Waals surface area contributed by atoms with Gasteiger partial charge in [0, 0.05) is 29.5 Å². The van der Waals surface area contributed by atoms with E-state index in [9.17, 15) is 9.90 Å². The number of hydrogen-bond donors (Lipinski definition) is 2. The molecule has 0 radical (unpaired) electrons. The van der Waals surface area contributed by atoms with Crippen LogP contribution in [0.15, 0.2) is 30.3 Å². The maximum absolute atomic E-state index is 13.9. The fourth-order valence-corrected chi connectivity index (χ4v) is 8.44. The number of phenolic OH excluding ortho intramolecular Hbond substituents is 1. The van der Waals surface area contributed by atoms with Crippen molar-refractivity contribution in [3.8, 4) is 5.75 Å². The lowest BCUT2D eigenvalue weighted by molar-refractivity contribution is 0.0746. The lowest BCUT2D eigenvalue weighted by Gasteiger charge is -2.24. The Kier molecular flexibility index (Phi) is 31.1. The van der Waals surface area contributed by atoms with E-state index in [1.807, 2.05) is 29.2 Å². The molecule has 0 saturated heterocycles. The van der Waals surface area contributed by atoms with E-state index in [2.05, 4.69) is 13.8 Å². The summed E-state index contributed by atoms with van der Waals surface area (Å²) in [5.41, 5.74) is 7.28. The second kappa shape index (κ2) is 35.0. The lowest BCUT2D eigenvalue weighted by Crippen LogP contribution is -2.33. The van der Waals surface area contributed by atoms with Gasteiger partial charge in [-0.1, -0.05) is 256 Å². The molecule has 0 atom stereocenters. The number of unbranched alkanes of at least 4 members (excludes halogenated alkanes) is 34. The molecular weight excluding hydrogens is 673 g/mol. The van der Waals surface area contributed by atoms with E-state index in [1.54, 1.807) is 6.07 Å². The van der Waals surface area contributed by atoms with Crippen LogP contribution in [0, 0.1) is 0 Å². The Balaban J connectivity index is 1.60. The van der Waals surface area contributed by atoms with Gasteiger partial charge in [0.15, 0.2) is 0 Å². The average Bonchev–Trinajstić information content (AvgIpc) is 3.20. The minimum atomic E-state index is -0.0751. The highest BCUT2D eigenvalue weighted by atomic mass is 16.3. The Bertz CT molecular complexity index is 1140. The summed E-state index contributed by atoms with van der Waals surface area (Å²) in [6.45, 7) is 6.09. The maximum Gasteiger partial charge on any atom is 0.257 e. The van der Waals surface area contributed by atoms with Crippen LogP contribution in [0.1, 0.15) is 255 Å². The number of fused-ring (bicyclic) bond motifs is 1. The number of anilines is 1. The van der Waals surface area contributed by atoms with Crippen molar-refractivity contribution in [2.45, 2.75) is 245 Å². The number of benzene rings is 2. The second-order valence-electron chi connectivity index (χ2n) is 17.2. The second-order valence-corrected chi connectivity index (χ2v) is 17.2. The van der Waals surface area contributed by atoms with Gasteiger partial charge >= 0.3 is 0 Å². The van der Waals surface area contributed by atoms with Crippen LogP contribution in [-0.4, -0.2) is 29.0 Å². The Morgan fingerprint density at radius 3 is 1.04 bits per heavy atom. The summed E-state index contributed by atoms with van der Waals surface area (Å²) in [7, 11) is 0. The molecule has 0 fully saturated rings. The van der Waals surface area contributed by atoms with Gasteiger partial charge in [-0.05, 0) is 18.9 Å². The Labute approximate surface area is 341 Å². The molecule has 4 heteroatoms. The molecule has 2 aromatic rings. The summed E-state index contributed by atoms with van der Waals surface area (Å²) in [5.74, 6) is -0.00990. The summed E-state index contributed by atoms with van der Waals surface area (Å²) >= 11 is 0. The third kappa shape index (κ3) is 24.2. The predicted octanol–water partition coefficient (Wildman–Crippen LogP) is 16.7. The first kappa shape index (κ1) is 48.9. The molecular formula is C51H90N2O2. The van der Waals surface area contributed by atoms with E-state index in [1.165, 1.54) is 205 Å². The van der Waals surface area contributed by atoms with Crippen LogP contribution in [-0.2, 0) is 0 Å². The number of nitrogens with two attached hydrogens (primary N) is 1. The topological polar surface area (TPSA) is 66.6 Å². The number of rotatable bonds is 39. The molecule has 0 bridgehead atoms. The van der Waals surface area contributed by atoms with Gasteiger partial charge in [0.25, 0.3) is 5.91 Å². The van der Waals surface area contributed by atoms with Crippen LogP contribution in [0.5, 0.6) is 5.75 Å². The first-order valence-corrected chi connectivity index (χ1v) is 24.4. The molecule has 0 aliphatic carbocycles. The molecule has 0 aliphatic heterocycles. The Hall–Kier alpha value is -2.23. The zero-order valence-corrected chi connectivity index (χ0v) is 36.6. The average molecular weight is 763 g/mol. The number of phenols is 1. The van der Waals surface area contributed by atoms with Gasteiger partial charge in [-0.2, -0.15) is 0 Å². The molecule has 2 aromatic carbocycles. The van der Waals surface area contributed by atoms with Crippen LogP contribution in [0.2, 0.25) is 0 Å². The van der Waals surface area contributed by atoms with Gasteiger partial charge in [-0.25, -0.2) is 0 Å². The number of amides is 1. The Morgan fingerprint density at radius 2 is 0.727 bits per heavy atom. The van der Waals surface area contributed by atoms with Gasteiger partial charge in [-0.15, -0.1) is 0 Å². The Morgan fingerprint density at radius 1 is 0.455 bits per heavy atom. The largest absolute Gasteiger partial charge is 0.506 e. The smallest absolute Gasteiger partial charge is 0.257 e. The molecule has 316 valence electrons. The SMILES string of the molecule is CCCCCCCCCCCCCCCCCCCCN(CCCCCCCCCCCCCCCCCCCC)C(=O)c1cc(N)c2ccccc2c1O. The molecule has 0 aliphatic rings. The molecule has 1 amide bonds. The van der Waals surface area contributed by atoms with Crippen molar-refractivity contribution in [2.24, 2.45) is 0 Å². The normalized spacial score (nSPS) is 11.5. The molecule has 0 unspecified atom stereocenters. The fraction of sp³-hybridized carbons (Fsp3) is 0.784. The van der Waals surface area contributed by atoms with Crippen LogP contribution in [0.25, 0.3) is 10.8 Å². The monoisotopic (exact) mass is 763 g/mol. The lowest BCUT2D eigenvalue weighted by atomic mass is 10.0. The zero-order chi connectivity index (χ0) is 39.4. The van der Waals surface area contributed by atoms with Crippen LogP contribution >= 0.6 is 0 Å². The van der Waals surface area contributed by atoms with E-state index < -0.39 is 0 Å². The van der Waals surface area contributed by atoms with Crippen molar-refractivity contribution in [1.82, 2.24) is 4.90 Å². The summed E-state index contributed by atoms with van der Waals surface area (Å²) in [5, 5.41) is 12.6. The predicted molar refractivity (Wildman–Crippen MR) is 243 cm³/mol. The summed E-state index contributed by atoms with van der Waals surface area (Å²) < 4.78 is 0. The molecule has 0 aromatic heterocycles. The van der Waals surface area contributed by atoms with Gasteiger partial charge in [0.2, 0.25) is 0 Å². The molecule has 4 nitrogen and oxygen atoms in total. The van der Waals surface area contributed by atoms with Crippen molar-refractivity contribution in [2.75, 3.05) is 18.8 Å². The van der Waals surface area contributed by atoms with Gasteiger partial charge < -0.3 is 15.7 Å². The standard InChI is InChI=1S/C51H90N2O2/c1-3-5-7-9-11-13-15-17-19-21-23-25-27-29-31-33-35-39-43-53(51(55)48-45-49(52)46-41-37-38-42-47(46)50(48)54)44-40-36-34-32-30-28-26-24-22-20-18-16-14-12-10-8-6-4-2/h37-38,41-42,45,54H,3-36,39-40,43-44,52H2,1-2H3. The van der Waals surface area contributed by atoms with Crippen molar-refractivity contribution in [1.29, 1.82) is 0 Å². The number of aromatic hydroxyl groups is 1. The minimum Gasteiger partial charge on any atom is -0.506 e. The van der Waals surface area contributed by atoms with E-state index in [0.717, 1.165) is 44.2 Å². The molecule has 0 spiro atoms. The highest BCUT2D eigenvalue weighted by Gasteiger charge is 2.21. The van der Waals surface area contributed by atoms with Crippen LogP contribution < -0.4 is 5.73 Å². The summed E-state index contributed by atoms with van der Waals surface area (Å²) in [4.78, 5) is 15.9. The third-order valence-corrected chi connectivity index (χ3v) is 12.1. The minimum absolute atomic E-state index is 0.0652. The number of carbonyl (C=O) groups excluding carboxylic acids is 1. The first-order valence-electron chi connectivity index (χ1n) is 24.4. The van der Waals surface area contributed by atoms with Crippen LogP contribution in [0.4, 0.5) is 5.69 Å². The quantitative estimate of drug-likeness (QED) is 0.0405. The highest BCUT2D eigenvalue weighted by molar-refractivity contribution is 6.07. The fourth-order valence-electron chi connectivity index (χ4n) is 8.44. The molecule has 0 heterocycles. The van der Waals surface area contributed by atoms with Crippen molar-refractivity contribution in [3.63, 3.8) is 0 Å². The molecule has 55 heavy (non-hydrogen) atoms. The third-order valence-electron chi connectivity index (χ3n) is 12.1. The van der Waals surface area contributed by atoms with E-state index in [-0.39, 0.29) is 11.7 Å². The molecule has 3 N–H and O–H groups in total. The number of nitrogens with zero attached hydrogens (tertiary/aromatic N) is 1. The maximum atomic E-state index is 13.9. The number of carbonyl (C=O) groups is 1. The number of hydrogen-bond acceptors (Lipinski definition) is 3. The van der Waals surface area contributed by atoms with Crippen molar-refractivity contribution in [3.05, 3.63) is 35.9 Å². The number of nitrogen functional groups attached to an aromatic ring is 1. The van der Waals surface area contributed by atoms with Gasteiger partial charge in [0.1, 0.15) is 5.75 Å². The van der Waals surface area contributed by atoms with Crippen molar-refractivity contribution >= 4 is 22.4 Å². The molecule has 2 rings (SSSR count). The van der Waals surface area contributed by atoms with E-state index in [0.29, 0.717) is 16.6 Å². The summed E-state index contributed by atoms with van der Waals surface area (Å²) in [6, 6.07) is 9.27. The summed E-state index contributed by atoms with van der Waals surface area (Å²) in [6.07, 6.45) is 48.9. The first-order chi connectivity index (χ1) is 27.1. The molecule has 0 saturated carbocycles.